The zero-order valence-electron chi connectivity index (χ0n) is 15.0. The molecule has 29 heavy (non-hydrogen) atoms. The van der Waals surface area contributed by atoms with E-state index < -0.39 is 34.9 Å². The van der Waals surface area contributed by atoms with Gasteiger partial charge < -0.3 is 14.5 Å². The van der Waals surface area contributed by atoms with E-state index in [1.54, 1.807) is 6.92 Å². The molecule has 1 amide bonds. The Bertz CT molecular complexity index is 1060. The molecule has 1 N–H and O–H groups in total. The molecule has 11 heteroatoms. The molecular formula is C18H14FN3O6S. The molecule has 0 aliphatic heterocycles. The van der Waals surface area contributed by atoms with Gasteiger partial charge in [0.2, 0.25) is 11.7 Å². The summed E-state index contributed by atoms with van der Waals surface area (Å²) in [6, 6.07) is 6.58. The van der Waals surface area contributed by atoms with Crippen LogP contribution in [0.1, 0.15) is 11.5 Å². The Hall–Kier alpha value is -3.60. The van der Waals surface area contributed by atoms with Gasteiger partial charge in [-0.05, 0) is 30.5 Å². The summed E-state index contributed by atoms with van der Waals surface area (Å²) >= 11 is 1.44. The standard InChI is InChI=1S/C18H14FN3O6S/c1-10-13(21-18(28-10)15-3-2-6-29-15)8-17(24)27-9-16(23)20-11-4-5-12(19)14(7-11)22(25)26/h2-7H,8-9H2,1H3,(H,20,23). The fraction of sp³-hybridized carbons (Fsp3) is 0.167. The molecule has 3 aromatic rings. The van der Waals surface area contributed by atoms with Crippen molar-refractivity contribution in [3.63, 3.8) is 0 Å². The molecule has 3 rings (SSSR count). The van der Waals surface area contributed by atoms with Crippen LogP contribution in [0.2, 0.25) is 0 Å². The molecule has 0 aliphatic carbocycles. The molecule has 150 valence electrons. The Morgan fingerprint density at radius 3 is 2.86 bits per heavy atom. The van der Waals surface area contributed by atoms with Gasteiger partial charge in [0.05, 0.1) is 21.9 Å². The van der Waals surface area contributed by atoms with Crippen LogP contribution in [0.3, 0.4) is 0 Å². The van der Waals surface area contributed by atoms with Gasteiger partial charge >= 0.3 is 11.7 Å². The van der Waals surface area contributed by atoms with Crippen molar-refractivity contribution in [1.82, 2.24) is 4.98 Å². The first-order valence-corrected chi connectivity index (χ1v) is 9.11. The van der Waals surface area contributed by atoms with E-state index in [0.29, 0.717) is 17.3 Å². The van der Waals surface area contributed by atoms with Gasteiger partial charge in [0.25, 0.3) is 5.91 Å². The summed E-state index contributed by atoms with van der Waals surface area (Å²) < 4.78 is 23.7. The predicted molar refractivity (Wildman–Crippen MR) is 101 cm³/mol. The van der Waals surface area contributed by atoms with Crippen LogP contribution < -0.4 is 5.32 Å². The van der Waals surface area contributed by atoms with E-state index in [1.165, 1.54) is 11.3 Å². The number of oxazole rings is 1. The van der Waals surface area contributed by atoms with E-state index >= 15 is 0 Å². The highest BCUT2D eigenvalue weighted by Crippen LogP contribution is 2.26. The largest absolute Gasteiger partial charge is 0.455 e. The van der Waals surface area contributed by atoms with Crippen LogP contribution >= 0.6 is 11.3 Å². The van der Waals surface area contributed by atoms with Crippen molar-refractivity contribution in [2.24, 2.45) is 0 Å². The number of hydrogen-bond donors (Lipinski definition) is 1. The molecular weight excluding hydrogens is 405 g/mol. The number of halogens is 1. The predicted octanol–water partition coefficient (Wildman–Crippen LogP) is 3.48. The second kappa shape index (κ2) is 8.61. The number of anilines is 1. The van der Waals surface area contributed by atoms with Crippen LogP contribution in [0.4, 0.5) is 15.8 Å². The van der Waals surface area contributed by atoms with Crippen molar-refractivity contribution >= 4 is 34.6 Å². The van der Waals surface area contributed by atoms with Crippen molar-refractivity contribution < 1.29 is 28.1 Å². The quantitative estimate of drug-likeness (QED) is 0.353. The number of nitrogens with one attached hydrogen (secondary N) is 1. The summed E-state index contributed by atoms with van der Waals surface area (Å²) in [6.45, 7) is 1.06. The summed E-state index contributed by atoms with van der Waals surface area (Å²) in [4.78, 5) is 38.8. The molecule has 0 radical (unpaired) electrons. The van der Waals surface area contributed by atoms with Gasteiger partial charge in [-0.25, -0.2) is 4.98 Å². The smallest absolute Gasteiger partial charge is 0.312 e. The van der Waals surface area contributed by atoms with Crippen LogP contribution in [0.15, 0.2) is 40.1 Å². The van der Waals surface area contributed by atoms with E-state index in [1.807, 2.05) is 17.5 Å². The lowest BCUT2D eigenvalue weighted by Gasteiger charge is -2.06. The number of nitro groups is 1. The first-order chi connectivity index (χ1) is 13.8. The van der Waals surface area contributed by atoms with E-state index in [-0.39, 0.29) is 12.1 Å². The van der Waals surface area contributed by atoms with Crippen LogP contribution in [0.5, 0.6) is 0 Å². The average Bonchev–Trinajstić information content (AvgIpc) is 3.32. The Balaban J connectivity index is 1.54. The van der Waals surface area contributed by atoms with E-state index in [0.717, 1.165) is 23.1 Å². The molecule has 0 bridgehead atoms. The second-order valence-electron chi connectivity index (χ2n) is 5.81. The van der Waals surface area contributed by atoms with E-state index in [9.17, 15) is 24.1 Å². The Morgan fingerprint density at radius 2 is 2.17 bits per heavy atom. The Kier molecular flexibility index (Phi) is 5.98. The number of benzene rings is 1. The molecule has 0 unspecified atom stereocenters. The topological polar surface area (TPSA) is 125 Å². The normalized spacial score (nSPS) is 10.6. The zero-order valence-corrected chi connectivity index (χ0v) is 15.8. The van der Waals surface area contributed by atoms with Gasteiger partial charge in [-0.3, -0.25) is 19.7 Å². The fourth-order valence-corrected chi connectivity index (χ4v) is 3.01. The van der Waals surface area contributed by atoms with Gasteiger partial charge in [-0.1, -0.05) is 6.07 Å². The van der Waals surface area contributed by atoms with Crippen LogP contribution in [0.25, 0.3) is 10.8 Å². The SMILES string of the molecule is Cc1oc(-c2cccs2)nc1CC(=O)OCC(=O)Nc1ccc(F)c([N+](=O)[O-])c1. The number of carbonyl (C=O) groups is 2. The lowest BCUT2D eigenvalue weighted by Crippen LogP contribution is -2.22. The summed E-state index contributed by atoms with van der Waals surface area (Å²) in [5.74, 6) is -1.58. The highest BCUT2D eigenvalue weighted by Gasteiger charge is 2.18. The van der Waals surface area contributed by atoms with Gasteiger partial charge in [0.15, 0.2) is 6.61 Å². The Morgan fingerprint density at radius 1 is 1.38 bits per heavy atom. The van der Waals surface area contributed by atoms with Crippen molar-refractivity contribution in [3.8, 4) is 10.8 Å². The van der Waals surface area contributed by atoms with Crippen LogP contribution in [0, 0.1) is 22.9 Å². The number of nitro benzene ring substituents is 1. The maximum absolute atomic E-state index is 13.3. The third-order valence-corrected chi connectivity index (χ3v) is 4.59. The number of carbonyl (C=O) groups excluding carboxylic acids is 2. The number of nitrogens with zero attached hydrogens (tertiary/aromatic N) is 2. The molecule has 0 saturated heterocycles. The number of thiophene rings is 1. The summed E-state index contributed by atoms with van der Waals surface area (Å²) in [7, 11) is 0. The molecule has 9 nitrogen and oxygen atoms in total. The highest BCUT2D eigenvalue weighted by molar-refractivity contribution is 7.13. The van der Waals surface area contributed by atoms with Gasteiger partial charge in [-0.15, -0.1) is 11.3 Å². The van der Waals surface area contributed by atoms with Crippen molar-refractivity contribution in [2.45, 2.75) is 13.3 Å². The fourth-order valence-electron chi connectivity index (χ4n) is 2.36. The highest BCUT2D eigenvalue weighted by atomic mass is 32.1. The van der Waals surface area contributed by atoms with Gasteiger partial charge in [-0.2, -0.15) is 4.39 Å². The summed E-state index contributed by atoms with van der Waals surface area (Å²) in [5, 5.41) is 14.9. The molecule has 0 spiro atoms. The van der Waals surface area contributed by atoms with Gasteiger partial charge in [0.1, 0.15) is 5.76 Å². The minimum atomic E-state index is -1.02. The minimum absolute atomic E-state index is 0.00656. The maximum atomic E-state index is 13.3. The first-order valence-electron chi connectivity index (χ1n) is 8.23. The monoisotopic (exact) mass is 419 g/mol. The summed E-state index contributed by atoms with van der Waals surface area (Å²) in [5.41, 5.74) is -0.372. The number of aryl methyl sites for hydroxylation is 1. The van der Waals surface area contributed by atoms with Crippen molar-refractivity contribution in [3.05, 3.63) is 63.1 Å². The molecule has 0 saturated carbocycles. The molecule has 0 aliphatic rings. The summed E-state index contributed by atoms with van der Waals surface area (Å²) in [6.07, 6.45) is -0.185. The third-order valence-electron chi connectivity index (χ3n) is 3.73. The van der Waals surface area contributed by atoms with Gasteiger partial charge in [0, 0.05) is 11.8 Å². The lowest BCUT2D eigenvalue weighted by molar-refractivity contribution is -0.387. The van der Waals surface area contributed by atoms with Crippen LogP contribution in [-0.2, 0) is 20.7 Å². The molecule has 2 heterocycles. The zero-order chi connectivity index (χ0) is 21.0. The number of aromatic nitrogens is 1. The number of rotatable bonds is 7. The molecule has 0 atom stereocenters. The Labute approximate surface area is 167 Å². The molecule has 2 aromatic heterocycles. The van der Waals surface area contributed by atoms with E-state index in [4.69, 9.17) is 9.15 Å². The first kappa shape index (κ1) is 20.1. The second-order valence-corrected chi connectivity index (χ2v) is 6.76. The van der Waals surface area contributed by atoms with Crippen LogP contribution in [-0.4, -0.2) is 28.4 Å². The molecule has 1 aromatic carbocycles. The number of amides is 1. The number of esters is 1. The average molecular weight is 419 g/mol. The number of hydrogen-bond acceptors (Lipinski definition) is 8. The molecule has 0 fully saturated rings. The van der Waals surface area contributed by atoms with E-state index in [2.05, 4.69) is 10.3 Å². The minimum Gasteiger partial charge on any atom is -0.455 e. The van der Waals surface area contributed by atoms with Crippen molar-refractivity contribution in [1.29, 1.82) is 0 Å². The maximum Gasteiger partial charge on any atom is 0.312 e. The number of ether oxygens (including phenoxy) is 1. The third kappa shape index (κ3) is 5.02. The van der Waals surface area contributed by atoms with Crippen molar-refractivity contribution in [2.75, 3.05) is 11.9 Å². The lowest BCUT2D eigenvalue weighted by atomic mass is 10.2.